The lowest BCUT2D eigenvalue weighted by molar-refractivity contribution is 0.252. The third-order valence-electron chi connectivity index (χ3n) is 3.61. The number of carbonyl (C=O) groups is 1. The number of ether oxygens (including phenoxy) is 2. The summed E-state index contributed by atoms with van der Waals surface area (Å²) >= 11 is 0. The van der Waals surface area contributed by atoms with Crippen molar-refractivity contribution in [1.82, 2.24) is 5.32 Å². The van der Waals surface area contributed by atoms with Gasteiger partial charge in [-0.3, -0.25) is 0 Å². The second kappa shape index (κ2) is 8.08. The highest BCUT2D eigenvalue weighted by Gasteiger charge is 2.12. The third kappa shape index (κ3) is 4.39. The van der Waals surface area contributed by atoms with E-state index in [4.69, 9.17) is 9.47 Å². The Morgan fingerprint density at radius 1 is 1.00 bits per heavy atom. The Morgan fingerprint density at radius 2 is 1.65 bits per heavy atom. The van der Waals surface area contributed by atoms with E-state index in [9.17, 15) is 4.79 Å². The fraction of sp³-hybridized carbons (Fsp3) is 0.278. The molecule has 0 fully saturated rings. The van der Waals surface area contributed by atoms with Crippen LogP contribution in [0.1, 0.15) is 11.1 Å². The molecule has 0 aliphatic carbocycles. The minimum absolute atomic E-state index is 0.290. The lowest BCUT2D eigenvalue weighted by Gasteiger charge is -2.14. The van der Waals surface area contributed by atoms with Crippen molar-refractivity contribution in [3.05, 3.63) is 53.6 Å². The van der Waals surface area contributed by atoms with E-state index in [1.807, 2.05) is 12.1 Å². The van der Waals surface area contributed by atoms with Gasteiger partial charge in [-0.2, -0.15) is 0 Å². The van der Waals surface area contributed by atoms with Gasteiger partial charge in [0.25, 0.3) is 0 Å². The second-order valence-electron chi connectivity index (χ2n) is 5.09. The van der Waals surface area contributed by atoms with E-state index in [-0.39, 0.29) is 6.03 Å². The number of benzene rings is 2. The zero-order chi connectivity index (χ0) is 16.7. The average molecular weight is 314 g/mol. The van der Waals surface area contributed by atoms with Gasteiger partial charge in [-0.25, -0.2) is 4.79 Å². The summed E-state index contributed by atoms with van der Waals surface area (Å²) in [5, 5.41) is 5.63. The molecule has 0 aliphatic rings. The topological polar surface area (TPSA) is 59.6 Å². The molecule has 122 valence electrons. The molecule has 0 saturated heterocycles. The van der Waals surface area contributed by atoms with Crippen LogP contribution in [0.4, 0.5) is 10.5 Å². The molecular formula is C18H22N2O3. The molecule has 0 aliphatic heterocycles. The smallest absolute Gasteiger partial charge is 0.319 e. The van der Waals surface area contributed by atoms with Crippen LogP contribution in [-0.4, -0.2) is 26.8 Å². The molecule has 0 radical (unpaired) electrons. The number of anilines is 1. The fourth-order valence-electron chi connectivity index (χ4n) is 2.33. The van der Waals surface area contributed by atoms with Crippen molar-refractivity contribution in [2.75, 3.05) is 26.1 Å². The zero-order valence-electron chi connectivity index (χ0n) is 13.7. The van der Waals surface area contributed by atoms with Crippen LogP contribution in [0, 0.1) is 6.92 Å². The van der Waals surface area contributed by atoms with E-state index in [1.165, 1.54) is 11.1 Å². The van der Waals surface area contributed by atoms with Crippen molar-refractivity contribution in [2.24, 2.45) is 0 Å². The van der Waals surface area contributed by atoms with Crippen molar-refractivity contribution >= 4 is 11.7 Å². The van der Waals surface area contributed by atoms with Gasteiger partial charge in [-0.15, -0.1) is 0 Å². The van der Waals surface area contributed by atoms with Crippen molar-refractivity contribution in [2.45, 2.75) is 13.3 Å². The minimum Gasteiger partial charge on any atom is -0.494 e. The first-order chi connectivity index (χ1) is 11.2. The minimum atomic E-state index is -0.290. The molecular weight excluding hydrogens is 292 g/mol. The van der Waals surface area contributed by atoms with E-state index in [0.717, 1.165) is 6.42 Å². The number of urea groups is 1. The molecule has 23 heavy (non-hydrogen) atoms. The Kier molecular flexibility index (Phi) is 5.86. The van der Waals surface area contributed by atoms with Gasteiger partial charge >= 0.3 is 6.03 Å². The lowest BCUT2D eigenvalue weighted by Crippen LogP contribution is -2.30. The summed E-state index contributed by atoms with van der Waals surface area (Å²) in [6, 6.07) is 13.2. The monoisotopic (exact) mass is 314 g/mol. The largest absolute Gasteiger partial charge is 0.494 e. The first kappa shape index (κ1) is 16.7. The summed E-state index contributed by atoms with van der Waals surface area (Å²) in [5.41, 5.74) is 2.97. The number of hydrogen-bond donors (Lipinski definition) is 2. The van der Waals surface area contributed by atoms with Gasteiger partial charge in [-0.05, 0) is 36.6 Å². The molecule has 0 unspecified atom stereocenters. The van der Waals surface area contributed by atoms with Crippen LogP contribution >= 0.6 is 0 Å². The summed E-state index contributed by atoms with van der Waals surface area (Å²) < 4.78 is 10.5. The summed E-state index contributed by atoms with van der Waals surface area (Å²) in [6.45, 7) is 2.61. The summed E-state index contributed by atoms with van der Waals surface area (Å²) in [6.07, 6.45) is 0.781. The highest BCUT2D eigenvalue weighted by Crippen LogP contribution is 2.33. The van der Waals surface area contributed by atoms with E-state index in [0.29, 0.717) is 23.7 Å². The molecule has 0 atom stereocenters. The Balaban J connectivity index is 1.94. The van der Waals surface area contributed by atoms with Gasteiger partial charge in [0.15, 0.2) is 0 Å². The van der Waals surface area contributed by atoms with Gasteiger partial charge in [-0.1, -0.05) is 30.3 Å². The highest BCUT2D eigenvalue weighted by molar-refractivity contribution is 5.92. The van der Waals surface area contributed by atoms with Crippen LogP contribution in [0.5, 0.6) is 11.5 Å². The molecule has 0 saturated carbocycles. The number of carbonyl (C=O) groups excluding carboxylic acids is 1. The lowest BCUT2D eigenvalue weighted by atomic mass is 10.1. The zero-order valence-corrected chi connectivity index (χ0v) is 13.7. The molecule has 5 nitrogen and oxygen atoms in total. The number of methoxy groups -OCH3 is 2. The van der Waals surface area contributed by atoms with E-state index in [2.05, 4.69) is 29.7 Å². The molecule has 2 N–H and O–H groups in total. The van der Waals surface area contributed by atoms with Crippen molar-refractivity contribution in [3.63, 3.8) is 0 Å². The number of rotatable bonds is 6. The Labute approximate surface area is 136 Å². The second-order valence-corrected chi connectivity index (χ2v) is 5.09. The molecule has 0 heterocycles. The van der Waals surface area contributed by atoms with Crippen LogP contribution in [0.3, 0.4) is 0 Å². The predicted molar refractivity (Wildman–Crippen MR) is 91.5 cm³/mol. The van der Waals surface area contributed by atoms with E-state index in [1.54, 1.807) is 32.4 Å². The quantitative estimate of drug-likeness (QED) is 0.859. The molecule has 2 aromatic rings. The number of nitrogens with one attached hydrogen (secondary N) is 2. The van der Waals surface area contributed by atoms with Crippen molar-refractivity contribution in [1.29, 1.82) is 0 Å². The summed E-state index contributed by atoms with van der Waals surface area (Å²) in [4.78, 5) is 12.1. The van der Waals surface area contributed by atoms with Gasteiger partial charge in [0, 0.05) is 6.54 Å². The fourth-order valence-corrected chi connectivity index (χ4v) is 2.33. The van der Waals surface area contributed by atoms with Crippen molar-refractivity contribution in [3.8, 4) is 11.5 Å². The third-order valence-corrected chi connectivity index (χ3v) is 3.61. The number of aryl methyl sites for hydroxylation is 1. The highest BCUT2D eigenvalue weighted by atomic mass is 16.5. The molecule has 0 spiro atoms. The molecule has 5 heteroatoms. The van der Waals surface area contributed by atoms with Gasteiger partial charge in [0.05, 0.1) is 14.2 Å². The van der Waals surface area contributed by atoms with Crippen LogP contribution in [0.25, 0.3) is 0 Å². The maximum atomic E-state index is 12.1. The van der Waals surface area contributed by atoms with Crippen LogP contribution in [-0.2, 0) is 6.42 Å². The van der Waals surface area contributed by atoms with Crippen LogP contribution in [0.2, 0.25) is 0 Å². The maximum absolute atomic E-state index is 12.1. The number of para-hydroxylation sites is 1. The first-order valence-electron chi connectivity index (χ1n) is 7.46. The number of amides is 2. The summed E-state index contributed by atoms with van der Waals surface area (Å²) in [7, 11) is 3.10. The maximum Gasteiger partial charge on any atom is 0.319 e. The van der Waals surface area contributed by atoms with E-state index < -0.39 is 0 Å². The molecule has 0 bridgehead atoms. The first-order valence-corrected chi connectivity index (χ1v) is 7.46. The summed E-state index contributed by atoms with van der Waals surface area (Å²) in [5.74, 6) is 1.11. The van der Waals surface area contributed by atoms with Crippen molar-refractivity contribution < 1.29 is 14.3 Å². The Hall–Kier alpha value is -2.69. The van der Waals surface area contributed by atoms with Gasteiger partial charge in [0.1, 0.15) is 17.2 Å². The normalized spacial score (nSPS) is 10.0. The Bertz CT molecular complexity index is 649. The molecule has 2 aromatic carbocycles. The SMILES string of the molecule is COc1cccc(OC)c1NC(=O)NCCc1ccccc1C. The van der Waals surface area contributed by atoms with E-state index >= 15 is 0 Å². The van der Waals surface area contributed by atoms with Crippen LogP contribution < -0.4 is 20.1 Å². The molecule has 2 rings (SSSR count). The standard InChI is InChI=1S/C18H22N2O3/c1-13-7-4-5-8-14(13)11-12-19-18(21)20-17-15(22-2)9-6-10-16(17)23-3/h4-10H,11-12H2,1-3H3,(H2,19,20,21). The molecule has 0 aromatic heterocycles. The molecule has 2 amide bonds. The Morgan fingerprint density at radius 3 is 2.26 bits per heavy atom. The average Bonchev–Trinajstić information content (AvgIpc) is 2.56. The van der Waals surface area contributed by atoms with Gasteiger partial charge < -0.3 is 20.1 Å². The van der Waals surface area contributed by atoms with Gasteiger partial charge in [0.2, 0.25) is 0 Å². The van der Waals surface area contributed by atoms with Crippen LogP contribution in [0.15, 0.2) is 42.5 Å². The predicted octanol–water partition coefficient (Wildman–Crippen LogP) is 3.38. The number of hydrogen-bond acceptors (Lipinski definition) is 3.